The first-order valence-corrected chi connectivity index (χ1v) is 8.09. The molecular formula is C17H13ClFN5O2. The van der Waals surface area contributed by atoms with Crippen molar-refractivity contribution in [2.45, 2.75) is 12.6 Å². The number of fused-ring (bicyclic) bond motifs is 2. The lowest BCUT2D eigenvalue weighted by molar-refractivity contribution is -0.121. The number of hydrogen-bond acceptors (Lipinski definition) is 5. The van der Waals surface area contributed by atoms with Crippen molar-refractivity contribution in [1.29, 1.82) is 0 Å². The first-order chi connectivity index (χ1) is 12.4. The summed E-state index contributed by atoms with van der Waals surface area (Å²) >= 11 is 6.12. The van der Waals surface area contributed by atoms with Crippen LogP contribution in [0.5, 0.6) is 0 Å². The summed E-state index contributed by atoms with van der Waals surface area (Å²) in [5, 5.41) is 9.87. The topological polar surface area (TPSA) is 85.8 Å². The maximum absolute atomic E-state index is 13.8. The van der Waals surface area contributed by atoms with Gasteiger partial charge in [0.25, 0.3) is 5.91 Å². The van der Waals surface area contributed by atoms with Gasteiger partial charge in [0.15, 0.2) is 0 Å². The second-order valence-corrected chi connectivity index (χ2v) is 6.33. The molecule has 2 amide bonds. The monoisotopic (exact) mass is 373 g/mol. The SMILES string of the molecule is CC(=O)NC1=NNC2(C(=O)Nc3ccc(Cl)cc32)N1c1cccc(F)c1. The van der Waals surface area contributed by atoms with Crippen molar-refractivity contribution in [3.63, 3.8) is 0 Å². The molecule has 9 heteroatoms. The van der Waals surface area contributed by atoms with E-state index in [1.54, 1.807) is 24.3 Å². The maximum Gasteiger partial charge on any atom is 0.278 e. The molecule has 0 saturated heterocycles. The van der Waals surface area contributed by atoms with Gasteiger partial charge in [-0.25, -0.2) is 4.39 Å². The Morgan fingerprint density at radius 3 is 2.85 bits per heavy atom. The average Bonchev–Trinajstić information content (AvgIpc) is 3.07. The third-order valence-corrected chi connectivity index (χ3v) is 4.41. The first-order valence-electron chi connectivity index (χ1n) is 7.71. The Bertz CT molecular complexity index is 979. The largest absolute Gasteiger partial charge is 0.322 e. The molecular weight excluding hydrogens is 361 g/mol. The molecule has 132 valence electrons. The van der Waals surface area contributed by atoms with Gasteiger partial charge in [0.05, 0.1) is 5.69 Å². The summed E-state index contributed by atoms with van der Waals surface area (Å²) < 4.78 is 13.8. The van der Waals surface area contributed by atoms with E-state index in [4.69, 9.17) is 11.6 Å². The van der Waals surface area contributed by atoms with E-state index in [-0.39, 0.29) is 11.9 Å². The molecule has 0 aliphatic carbocycles. The number of carbonyl (C=O) groups excluding carboxylic acids is 2. The van der Waals surface area contributed by atoms with Crippen LogP contribution in [0.2, 0.25) is 5.02 Å². The van der Waals surface area contributed by atoms with Crippen molar-refractivity contribution in [1.82, 2.24) is 10.7 Å². The fourth-order valence-electron chi connectivity index (χ4n) is 3.16. The number of hydrazone groups is 1. The van der Waals surface area contributed by atoms with Crippen LogP contribution in [0.1, 0.15) is 12.5 Å². The summed E-state index contributed by atoms with van der Waals surface area (Å²) in [6, 6.07) is 10.6. The number of carbonyl (C=O) groups is 2. The van der Waals surface area contributed by atoms with Gasteiger partial charge in [-0.05, 0) is 36.4 Å². The molecule has 0 saturated carbocycles. The molecule has 0 bridgehead atoms. The van der Waals surface area contributed by atoms with Crippen molar-refractivity contribution in [2.24, 2.45) is 5.10 Å². The number of anilines is 2. The van der Waals surface area contributed by atoms with Crippen LogP contribution in [0.15, 0.2) is 47.6 Å². The third kappa shape index (κ3) is 2.30. The smallest absolute Gasteiger partial charge is 0.278 e. The zero-order valence-corrected chi connectivity index (χ0v) is 14.3. The minimum atomic E-state index is -1.49. The van der Waals surface area contributed by atoms with Crippen LogP contribution in [-0.2, 0) is 15.3 Å². The lowest BCUT2D eigenvalue weighted by atomic mass is 9.99. The molecule has 1 atom stereocenters. The Hall–Kier alpha value is -3.13. The summed E-state index contributed by atoms with van der Waals surface area (Å²) in [7, 11) is 0. The molecule has 26 heavy (non-hydrogen) atoms. The third-order valence-electron chi connectivity index (χ3n) is 4.17. The molecule has 7 nitrogen and oxygen atoms in total. The lowest BCUT2D eigenvalue weighted by Gasteiger charge is -2.34. The van der Waals surface area contributed by atoms with E-state index < -0.39 is 17.4 Å². The summed E-state index contributed by atoms with van der Waals surface area (Å²) in [6.45, 7) is 1.32. The molecule has 0 fully saturated rings. The van der Waals surface area contributed by atoms with E-state index in [0.29, 0.717) is 22.0 Å². The van der Waals surface area contributed by atoms with E-state index in [0.717, 1.165) is 0 Å². The van der Waals surface area contributed by atoms with Gasteiger partial charge in [0, 0.05) is 23.2 Å². The highest BCUT2D eigenvalue weighted by Gasteiger charge is 2.57. The van der Waals surface area contributed by atoms with Crippen molar-refractivity contribution >= 4 is 40.7 Å². The van der Waals surface area contributed by atoms with E-state index in [2.05, 4.69) is 21.2 Å². The van der Waals surface area contributed by atoms with Gasteiger partial charge in [-0.2, -0.15) is 0 Å². The Morgan fingerprint density at radius 2 is 2.12 bits per heavy atom. The molecule has 1 spiro atoms. The van der Waals surface area contributed by atoms with E-state index in [1.165, 1.54) is 30.0 Å². The Kier molecular flexibility index (Phi) is 3.58. The summed E-state index contributed by atoms with van der Waals surface area (Å²) in [4.78, 5) is 26.0. The van der Waals surface area contributed by atoms with Gasteiger partial charge < -0.3 is 5.32 Å². The van der Waals surface area contributed by atoms with E-state index in [1.807, 2.05) is 0 Å². The van der Waals surface area contributed by atoms with Crippen LogP contribution in [0, 0.1) is 5.82 Å². The van der Waals surface area contributed by atoms with Crippen molar-refractivity contribution in [2.75, 3.05) is 10.2 Å². The zero-order valence-electron chi connectivity index (χ0n) is 13.5. The summed E-state index contributed by atoms with van der Waals surface area (Å²) in [5.74, 6) is -1.22. The maximum atomic E-state index is 13.8. The van der Waals surface area contributed by atoms with E-state index >= 15 is 0 Å². The predicted octanol–water partition coefficient (Wildman–Crippen LogP) is 2.10. The van der Waals surface area contributed by atoms with Gasteiger partial charge in [-0.3, -0.25) is 25.2 Å². The lowest BCUT2D eigenvalue weighted by Crippen LogP contribution is -2.58. The van der Waals surface area contributed by atoms with Crippen LogP contribution in [0.4, 0.5) is 15.8 Å². The van der Waals surface area contributed by atoms with Gasteiger partial charge in [-0.15, -0.1) is 5.10 Å². The van der Waals surface area contributed by atoms with Crippen molar-refractivity contribution in [3.8, 4) is 0 Å². The van der Waals surface area contributed by atoms with Gasteiger partial charge in [0.1, 0.15) is 5.82 Å². The summed E-state index contributed by atoms with van der Waals surface area (Å²) in [6.07, 6.45) is 0. The van der Waals surface area contributed by atoms with E-state index in [9.17, 15) is 14.0 Å². The average molecular weight is 374 g/mol. The Labute approximate surface area is 152 Å². The zero-order chi connectivity index (χ0) is 18.5. The molecule has 2 aromatic rings. The van der Waals surface area contributed by atoms with Crippen LogP contribution < -0.4 is 21.0 Å². The fourth-order valence-corrected chi connectivity index (χ4v) is 3.33. The molecule has 0 aromatic heterocycles. The quantitative estimate of drug-likeness (QED) is 0.714. The second kappa shape index (κ2) is 5.70. The molecule has 0 radical (unpaired) electrons. The second-order valence-electron chi connectivity index (χ2n) is 5.90. The number of halogens is 2. The van der Waals surface area contributed by atoms with Gasteiger partial charge in [-0.1, -0.05) is 17.7 Å². The number of hydrogen-bond donors (Lipinski definition) is 3. The molecule has 2 heterocycles. The Morgan fingerprint density at radius 1 is 1.31 bits per heavy atom. The highest BCUT2D eigenvalue weighted by Crippen LogP contribution is 2.44. The summed E-state index contributed by atoms with van der Waals surface area (Å²) in [5.41, 5.74) is 2.70. The molecule has 1 unspecified atom stereocenters. The molecule has 2 aliphatic heterocycles. The predicted molar refractivity (Wildman–Crippen MR) is 95.0 cm³/mol. The molecule has 4 rings (SSSR count). The normalized spacial score (nSPS) is 20.5. The van der Waals surface area contributed by atoms with Crippen LogP contribution >= 0.6 is 11.6 Å². The van der Waals surface area contributed by atoms with Crippen LogP contribution in [-0.4, -0.2) is 17.8 Å². The number of amides is 2. The minimum Gasteiger partial charge on any atom is -0.322 e. The standard InChI is InChI=1S/C17H13ClFN5O2/c1-9(25)20-16-22-23-17(24(16)12-4-2-3-11(19)8-12)13-7-10(18)5-6-14(13)21-15(17)26/h2-8,23H,1H3,(H,21,26)(H,20,22,25). The highest BCUT2D eigenvalue weighted by atomic mass is 35.5. The highest BCUT2D eigenvalue weighted by molar-refractivity contribution is 6.31. The number of nitrogens with zero attached hydrogens (tertiary/aromatic N) is 2. The number of nitrogens with one attached hydrogen (secondary N) is 3. The van der Waals surface area contributed by atoms with Gasteiger partial charge in [0.2, 0.25) is 17.5 Å². The Balaban J connectivity index is 1.92. The minimum absolute atomic E-state index is 0.0751. The first kappa shape index (κ1) is 16.3. The number of guanidine groups is 1. The van der Waals surface area contributed by atoms with Crippen LogP contribution in [0.25, 0.3) is 0 Å². The van der Waals surface area contributed by atoms with Gasteiger partial charge >= 0.3 is 0 Å². The van der Waals surface area contributed by atoms with Crippen molar-refractivity contribution in [3.05, 3.63) is 58.9 Å². The number of rotatable bonds is 1. The fraction of sp³-hybridized carbons (Fsp3) is 0.118. The molecule has 2 aromatic carbocycles. The molecule has 3 N–H and O–H groups in total. The number of benzene rings is 2. The van der Waals surface area contributed by atoms with Crippen molar-refractivity contribution < 1.29 is 14.0 Å². The van der Waals surface area contributed by atoms with Crippen LogP contribution in [0.3, 0.4) is 0 Å². The molecule has 2 aliphatic rings.